The van der Waals surface area contributed by atoms with E-state index in [2.05, 4.69) is 50.3 Å². The second-order valence-electron chi connectivity index (χ2n) is 21.9. The highest BCUT2D eigenvalue weighted by Crippen LogP contribution is 2.45. The standard InChI is InChI=1S/C62H60N2O8/c1-29(2)47-25-45(61(69)70)26-48(30(3)4)55(47)63-57(65)51-21-41-17-37-13-33(9)35(15-39(37)19-43(41)23-53(51)59(63)67)11-12-36-16-40-20-44-24-54-52(22-42(44)18-38(40)14-34(36)10)58(66)64(60(54)68)56-49(31(5)6)27-46(62(71)72)28-50(56)32(7)8/h13-14,17-32,35-36H,11-12,15-16H2,1-10H3,(H,69,70)(H,71,72)/t35-,36?/m0/s1. The summed E-state index contributed by atoms with van der Waals surface area (Å²) in [6.07, 6.45) is 8.18. The molecule has 1 unspecified atom stereocenters. The maximum Gasteiger partial charge on any atom is 0.335 e. The van der Waals surface area contributed by atoms with Crippen LogP contribution in [-0.4, -0.2) is 45.8 Å². The maximum absolute atomic E-state index is 14.4. The fourth-order valence-corrected chi connectivity index (χ4v) is 11.8. The minimum absolute atomic E-state index is 0.133. The lowest BCUT2D eigenvalue weighted by atomic mass is 9.76. The van der Waals surface area contributed by atoms with Crippen molar-refractivity contribution in [3.63, 3.8) is 0 Å². The summed E-state index contributed by atoms with van der Waals surface area (Å²) in [4.78, 5) is 84.1. The molecule has 0 saturated heterocycles. The third kappa shape index (κ3) is 7.86. The summed E-state index contributed by atoms with van der Waals surface area (Å²) in [5.74, 6) is -3.65. The van der Waals surface area contributed by atoms with E-state index in [1.54, 1.807) is 24.3 Å². The van der Waals surface area contributed by atoms with Crippen LogP contribution in [0.5, 0.6) is 0 Å². The van der Waals surface area contributed by atoms with Crippen LogP contribution in [0.3, 0.4) is 0 Å². The third-order valence-corrected chi connectivity index (χ3v) is 15.8. The van der Waals surface area contributed by atoms with Crippen LogP contribution >= 0.6 is 0 Å². The fourth-order valence-electron chi connectivity index (χ4n) is 11.8. The van der Waals surface area contributed by atoms with Gasteiger partial charge in [0.1, 0.15) is 0 Å². The van der Waals surface area contributed by atoms with Crippen molar-refractivity contribution in [1.82, 2.24) is 0 Å². The first-order valence-corrected chi connectivity index (χ1v) is 25.3. The van der Waals surface area contributed by atoms with Crippen molar-refractivity contribution in [2.24, 2.45) is 11.8 Å². The normalized spacial score (nSPS) is 17.4. The lowest BCUT2D eigenvalue weighted by molar-refractivity contribution is 0.0686. The van der Waals surface area contributed by atoms with Gasteiger partial charge in [0, 0.05) is 0 Å². The fraction of sp³-hybridized carbons (Fsp3) is 0.323. The Morgan fingerprint density at radius 1 is 0.458 bits per heavy atom. The molecule has 2 aliphatic heterocycles. The number of carboxylic acid groups (broad SMARTS) is 2. The SMILES string of the molecule is CC1=Cc2cc3cc4c(cc3cc2CC1CC[C@H]1Cc2cc3cc5c(cc3cc2C=C1C)C(=O)N(c1c(C(C)C)cc(C(=O)O)cc1C(C)C)C5=O)C(=O)N(c1c(C(C)C)cc(C(=O)O)cc1C(C)C)C4=O. The van der Waals surface area contributed by atoms with Crippen molar-refractivity contribution in [1.29, 1.82) is 0 Å². The average Bonchev–Trinajstić information content (AvgIpc) is 3.70. The van der Waals surface area contributed by atoms with Crippen LogP contribution in [0.4, 0.5) is 11.4 Å². The number of benzene rings is 6. The maximum atomic E-state index is 14.4. The zero-order valence-electron chi connectivity index (χ0n) is 42.6. The third-order valence-electron chi connectivity index (χ3n) is 15.8. The Kier molecular flexibility index (Phi) is 11.8. The largest absolute Gasteiger partial charge is 0.478 e. The van der Waals surface area contributed by atoms with E-state index >= 15 is 0 Å². The summed E-state index contributed by atoms with van der Waals surface area (Å²) in [6.45, 7) is 19.9. The molecule has 6 aromatic carbocycles. The van der Waals surface area contributed by atoms with Crippen molar-refractivity contribution >= 4 is 80.6 Å². The van der Waals surface area contributed by atoms with Gasteiger partial charge in [-0.3, -0.25) is 19.2 Å². The Morgan fingerprint density at radius 3 is 1.00 bits per heavy atom. The van der Waals surface area contributed by atoms with Gasteiger partial charge >= 0.3 is 11.9 Å². The van der Waals surface area contributed by atoms with E-state index in [4.69, 9.17) is 0 Å². The van der Waals surface area contributed by atoms with Gasteiger partial charge in [-0.05, 0) is 202 Å². The molecule has 0 radical (unpaired) electrons. The molecule has 4 amide bonds. The molecule has 0 bridgehead atoms. The molecular formula is C62H60N2O8. The molecule has 0 aromatic heterocycles. The minimum Gasteiger partial charge on any atom is -0.478 e. The molecule has 10 nitrogen and oxygen atoms in total. The number of carboxylic acids is 2. The van der Waals surface area contributed by atoms with Crippen LogP contribution in [0, 0.1) is 11.8 Å². The number of carbonyl (C=O) groups excluding carboxylic acids is 4. The van der Waals surface area contributed by atoms with Gasteiger partial charge in [0.05, 0.1) is 44.8 Å². The number of hydrogen-bond acceptors (Lipinski definition) is 6. The van der Waals surface area contributed by atoms with Gasteiger partial charge in [0.25, 0.3) is 23.6 Å². The van der Waals surface area contributed by atoms with Crippen LogP contribution in [0.1, 0.15) is 212 Å². The first kappa shape index (κ1) is 48.2. The smallest absolute Gasteiger partial charge is 0.335 e. The van der Waals surface area contributed by atoms with Crippen LogP contribution < -0.4 is 9.80 Å². The van der Waals surface area contributed by atoms with E-state index in [9.17, 15) is 39.0 Å². The molecule has 366 valence electrons. The number of fused-ring (bicyclic) bond motifs is 6. The van der Waals surface area contributed by atoms with Gasteiger partial charge in [-0.25, -0.2) is 19.4 Å². The highest BCUT2D eigenvalue weighted by Gasteiger charge is 2.42. The second-order valence-corrected chi connectivity index (χ2v) is 21.9. The van der Waals surface area contributed by atoms with Gasteiger partial charge in [0.15, 0.2) is 0 Å². The van der Waals surface area contributed by atoms with Gasteiger partial charge in [-0.15, -0.1) is 0 Å². The molecule has 10 rings (SSSR count). The predicted octanol–water partition coefficient (Wildman–Crippen LogP) is 14.1. The van der Waals surface area contributed by atoms with Crippen LogP contribution in [0.25, 0.3) is 33.7 Å². The van der Waals surface area contributed by atoms with Crippen molar-refractivity contribution in [3.05, 3.63) is 162 Å². The number of amides is 4. The highest BCUT2D eigenvalue weighted by molar-refractivity contribution is 6.37. The number of anilines is 2. The number of rotatable bonds is 11. The minimum atomic E-state index is -1.06. The number of aromatic carboxylic acids is 2. The summed E-state index contributed by atoms with van der Waals surface area (Å²) >= 11 is 0. The zero-order chi connectivity index (χ0) is 51.5. The second kappa shape index (κ2) is 17.7. The molecule has 0 saturated carbocycles. The monoisotopic (exact) mass is 960 g/mol. The van der Waals surface area contributed by atoms with Crippen LogP contribution in [0.2, 0.25) is 0 Å². The number of nitrogens with zero attached hydrogens (tertiary/aromatic N) is 2. The Balaban J connectivity index is 0.885. The van der Waals surface area contributed by atoms with Crippen LogP contribution in [0.15, 0.2) is 83.9 Å². The topological polar surface area (TPSA) is 149 Å². The molecule has 4 aliphatic rings. The van der Waals surface area contributed by atoms with Gasteiger partial charge in [-0.1, -0.05) is 90.8 Å². The molecular weight excluding hydrogens is 901 g/mol. The Labute approximate surface area is 420 Å². The highest BCUT2D eigenvalue weighted by atomic mass is 16.4. The summed E-state index contributed by atoms with van der Waals surface area (Å²) in [5, 5.41) is 23.4. The van der Waals surface area contributed by atoms with E-state index in [0.29, 0.717) is 67.7 Å². The number of carbonyl (C=O) groups is 6. The lowest BCUT2D eigenvalue weighted by Gasteiger charge is -2.29. The van der Waals surface area contributed by atoms with E-state index in [0.717, 1.165) is 58.4 Å². The van der Waals surface area contributed by atoms with E-state index in [-0.39, 0.29) is 34.8 Å². The Hall–Kier alpha value is -7.46. The lowest BCUT2D eigenvalue weighted by Crippen LogP contribution is -2.32. The van der Waals surface area contributed by atoms with E-state index in [1.165, 1.54) is 32.1 Å². The van der Waals surface area contributed by atoms with E-state index < -0.39 is 35.6 Å². The molecule has 0 spiro atoms. The molecule has 2 atom stereocenters. The van der Waals surface area contributed by atoms with E-state index in [1.807, 2.05) is 79.7 Å². The van der Waals surface area contributed by atoms with Crippen LogP contribution in [-0.2, 0) is 12.8 Å². The summed E-state index contributed by atoms with van der Waals surface area (Å²) < 4.78 is 0. The number of imide groups is 2. The van der Waals surface area contributed by atoms with Gasteiger partial charge in [-0.2, -0.15) is 0 Å². The molecule has 2 aliphatic carbocycles. The molecule has 2 heterocycles. The van der Waals surface area contributed by atoms with Gasteiger partial charge in [0.2, 0.25) is 0 Å². The summed E-state index contributed by atoms with van der Waals surface area (Å²) in [6, 6.07) is 22.3. The molecule has 0 fully saturated rings. The first-order valence-electron chi connectivity index (χ1n) is 25.3. The quantitative estimate of drug-likeness (QED) is 0.122. The van der Waals surface area contributed by atoms with Gasteiger partial charge < -0.3 is 10.2 Å². The summed E-state index contributed by atoms with van der Waals surface area (Å²) in [5.41, 5.74) is 12.4. The zero-order valence-corrected chi connectivity index (χ0v) is 42.6. The van der Waals surface area contributed by atoms with Crippen molar-refractivity contribution in [2.75, 3.05) is 9.80 Å². The number of hydrogen-bond donors (Lipinski definition) is 2. The van der Waals surface area contributed by atoms with Crippen molar-refractivity contribution < 1.29 is 39.0 Å². The molecule has 72 heavy (non-hydrogen) atoms. The summed E-state index contributed by atoms with van der Waals surface area (Å²) in [7, 11) is 0. The average molecular weight is 961 g/mol. The number of allylic oxidation sites excluding steroid dienone is 2. The Bertz CT molecular complexity index is 3220. The van der Waals surface area contributed by atoms with Crippen molar-refractivity contribution in [2.45, 2.75) is 119 Å². The predicted molar refractivity (Wildman–Crippen MR) is 284 cm³/mol. The van der Waals surface area contributed by atoms with Crippen molar-refractivity contribution in [3.8, 4) is 0 Å². The Morgan fingerprint density at radius 2 is 0.736 bits per heavy atom. The molecule has 2 N–H and O–H groups in total. The first-order chi connectivity index (χ1) is 34.1. The molecule has 10 heteroatoms. The molecule has 6 aromatic rings.